The van der Waals surface area contributed by atoms with E-state index in [1.165, 1.54) is 65.0 Å². The van der Waals surface area contributed by atoms with Crippen molar-refractivity contribution in [3.05, 3.63) is 24.3 Å². The Kier molecular flexibility index (Phi) is 65.0. The minimum absolute atomic E-state index is 0.0115. The second kappa shape index (κ2) is 68.8. The molecule has 0 amide bonds. The molecular formula is C89H150F6N7O37S7-7. The zero-order chi connectivity index (χ0) is 111. The lowest BCUT2D eigenvalue weighted by molar-refractivity contribution is -0.258. The van der Waals surface area contributed by atoms with Crippen LogP contribution in [0.2, 0.25) is 0 Å². The summed E-state index contributed by atoms with van der Waals surface area (Å²) in [5, 5.41) is 40.4. The summed E-state index contributed by atoms with van der Waals surface area (Å²) in [4.78, 5) is 79.6. The monoisotopic (exact) mass is 2250 g/mol. The van der Waals surface area contributed by atoms with Crippen LogP contribution in [0.25, 0.3) is 0 Å². The Morgan fingerprint density at radius 2 is 0.596 bits per heavy atom. The maximum atomic E-state index is 12.6. The first-order chi connectivity index (χ1) is 67.4. The van der Waals surface area contributed by atoms with Crippen LogP contribution < -0.4 is 37.2 Å². The number of esters is 7. The number of nitrogens with one attached hydrogen (secondary N) is 7. The van der Waals surface area contributed by atoms with E-state index >= 15 is 0 Å². The minimum atomic E-state index is -5.29. The standard InChI is InChI=1S/C13H22F3NO6S.C13H22F3NO5S.C13H25NO6S.2C13H23NO5S.C12H23NO5S.C12H19NO5S/c1-12(19,13(14,15)16)11(18)23-10(8-24(20,21)22)7-17-9-5-3-2-4-6-9;1-9(13(14,15)16)12(18)22-11(8-23(19,20)21)7-17-10-5-3-2-4-6-10;1-13(2,16)12(15)20-11(9-21(17,18)19)8-14-10-6-4-3-5-7-10;1-10(2)13(15)19-12(9-20(16,17)18)8-14-11-6-4-3-5-7-11;1-2-6-13(15)19-12(10-20(16,17)18)9-14-11-7-4-3-5-8-11;2*1-2-12(14)18-11(9-19(15,16)17)8-13-10-6-4-3-5-7-10/h9-10,17,19H,2-8H2,1H3,(H,20,21,22);9-11,17H,2-8H2,1H3,(H,19,20,21);10-11,14,16H,3-9H2,1-2H3,(H,17,18,19);11-12,14H,1,3-9H2,2H3,(H,16,17,18);2,6,11-12,14H,3-5,7-10H2,1H3,(H,16,17,18);10-11,13H,2-9H2,1H3,(H,15,16,17);1,10-11,13H,3-9H2,(H,15,16,17)/p-7/b;;;;6-2+;;. The Labute approximate surface area is 855 Å². The van der Waals surface area contributed by atoms with Crippen molar-refractivity contribution in [1.82, 2.24) is 37.2 Å². The van der Waals surface area contributed by atoms with E-state index < -0.39 is 225 Å². The van der Waals surface area contributed by atoms with Crippen molar-refractivity contribution in [2.45, 2.75) is 388 Å². The third-order valence-corrected chi connectivity index (χ3v) is 29.2. The molecule has 0 aromatic heterocycles. The van der Waals surface area contributed by atoms with Crippen molar-refractivity contribution >= 4 is 113 Å². The van der Waals surface area contributed by atoms with Crippen LogP contribution in [0.15, 0.2) is 24.3 Å². The van der Waals surface area contributed by atoms with Crippen LogP contribution in [-0.2, 0) is 138 Å². The molecule has 7 aliphatic carbocycles. The van der Waals surface area contributed by atoms with E-state index in [1.807, 2.05) is 0 Å². The van der Waals surface area contributed by atoms with Crippen molar-refractivity contribution in [1.29, 1.82) is 0 Å². The van der Waals surface area contributed by atoms with Crippen LogP contribution in [0.5, 0.6) is 0 Å². The molecule has 57 heteroatoms. The van der Waals surface area contributed by atoms with Gasteiger partial charge in [-0.25, -0.2) is 82.9 Å². The first-order valence-corrected chi connectivity index (χ1v) is 59.9. The molecule has 44 nitrogen and oxygen atoms in total. The number of hydrogen-bond acceptors (Lipinski definition) is 44. The summed E-state index contributed by atoms with van der Waals surface area (Å²) in [5.41, 5.74) is -5.34. The molecule has 9 N–H and O–H groups in total. The molecular weight excluding hydrogens is 2100 g/mol. The summed E-state index contributed by atoms with van der Waals surface area (Å²) in [6, 6.07) is 1.54. The number of rotatable bonds is 48. The number of allylic oxidation sites excluding steroid dienone is 1. The van der Waals surface area contributed by atoms with Gasteiger partial charge in [0.1, 0.15) is 48.6 Å². The Bertz CT molecular complexity index is 4800. The second-order valence-corrected chi connectivity index (χ2v) is 47.9. The molecule has 7 rings (SSSR count). The van der Waals surface area contributed by atoms with E-state index in [9.17, 15) is 161 Å². The first-order valence-electron chi connectivity index (χ1n) is 48.8. The molecule has 0 aromatic rings. The average Bonchev–Trinajstić information content (AvgIpc) is 0.806. The highest BCUT2D eigenvalue weighted by Gasteiger charge is 2.58. The number of terminal acetylenes is 1. The summed E-state index contributed by atoms with van der Waals surface area (Å²) in [6.45, 7) is 11.8. The number of hydrogen-bond donors (Lipinski definition) is 9. The summed E-state index contributed by atoms with van der Waals surface area (Å²) in [6.07, 6.45) is 26.4. The largest absolute Gasteiger partial charge is 0.748 e. The average molecular weight is 2250 g/mol. The molecule has 7 fully saturated rings. The lowest BCUT2D eigenvalue weighted by Crippen LogP contribution is -2.53. The van der Waals surface area contributed by atoms with Gasteiger partial charge in [-0.15, -0.1) is 6.42 Å². The summed E-state index contributed by atoms with van der Waals surface area (Å²) >= 11 is 0. The predicted octanol–water partition coefficient (Wildman–Crippen LogP) is 5.04. The van der Waals surface area contributed by atoms with Gasteiger partial charge in [0.05, 0.1) is 111 Å². The summed E-state index contributed by atoms with van der Waals surface area (Å²) in [7, 11) is -31.8. The Morgan fingerprint density at radius 1 is 0.377 bits per heavy atom. The Balaban J connectivity index is 0.000000853. The van der Waals surface area contributed by atoms with E-state index in [0.29, 0.717) is 25.0 Å². The molecule has 0 aromatic carbocycles. The lowest BCUT2D eigenvalue weighted by Gasteiger charge is -2.29. The van der Waals surface area contributed by atoms with Gasteiger partial charge in [-0.2, -0.15) is 26.3 Å². The van der Waals surface area contributed by atoms with Crippen LogP contribution in [0.4, 0.5) is 26.3 Å². The zero-order valence-corrected chi connectivity index (χ0v) is 89.5. The van der Waals surface area contributed by atoms with Gasteiger partial charge in [0.2, 0.25) is 0 Å². The van der Waals surface area contributed by atoms with Gasteiger partial charge >= 0.3 is 54.1 Å². The number of carbonyl (C=O) groups excluding carboxylic acids is 7. The maximum absolute atomic E-state index is 12.6. The van der Waals surface area contributed by atoms with Gasteiger partial charge in [0.25, 0.3) is 5.60 Å². The molecule has 0 saturated heterocycles. The van der Waals surface area contributed by atoms with E-state index in [1.54, 1.807) is 19.8 Å². The van der Waals surface area contributed by atoms with E-state index in [4.69, 9.17) is 30.1 Å². The Morgan fingerprint density at radius 3 is 0.801 bits per heavy atom. The van der Waals surface area contributed by atoms with E-state index in [0.717, 1.165) is 193 Å². The molecule has 7 saturated carbocycles. The third-order valence-electron chi connectivity index (χ3n) is 23.7. The SMILES string of the molecule is C#CC(=O)OC(CNC1CCCCC1)CS(=O)(=O)[O-].C/C=C/C(=O)OC(CNC1CCCCC1)CS(=O)(=O)[O-].C=C(C)C(=O)OC(CNC1CCCCC1)CS(=O)(=O)[O-].CC(C(=O)OC(CNC1CCCCC1)CS(=O)(=O)[O-])C(F)(F)F.CC(C)(O)C(=O)OC(CNC1CCCCC1)CS(=O)(=O)[O-].CC(O)(C(=O)OC(CNC1CCCCC1)CS(=O)(=O)[O-])C(F)(F)F.CCC(=O)OC(CNC1CCCCC1)CS(=O)(=O)[O-]. The molecule has 9 unspecified atom stereocenters. The fraction of sp³-hybridized carbons (Fsp3) is 0.854. The van der Waals surface area contributed by atoms with Gasteiger partial charge in [0.15, 0.2) is 5.60 Å². The highest BCUT2D eigenvalue weighted by molar-refractivity contribution is 7.87. The zero-order valence-electron chi connectivity index (χ0n) is 83.8. The topological polar surface area (TPSA) is 709 Å². The molecule has 146 heavy (non-hydrogen) atoms. The first kappa shape index (κ1) is 138. The highest BCUT2D eigenvalue weighted by atomic mass is 32.2. The van der Waals surface area contributed by atoms with Gasteiger partial charge in [-0.1, -0.05) is 154 Å². The van der Waals surface area contributed by atoms with Crippen molar-refractivity contribution < 1.29 is 194 Å². The smallest absolute Gasteiger partial charge is 0.427 e. The molecule has 0 spiro atoms. The molecule has 0 heterocycles. The lowest BCUT2D eigenvalue weighted by atomic mass is 9.95. The van der Waals surface area contributed by atoms with Crippen LogP contribution in [0.1, 0.15) is 280 Å². The number of ether oxygens (including phenoxy) is 7. The number of aliphatic hydroxyl groups is 2. The summed E-state index contributed by atoms with van der Waals surface area (Å²) in [5.74, 6) is -13.9. The van der Waals surface area contributed by atoms with Crippen LogP contribution in [0.3, 0.4) is 0 Å². The molecule has 854 valence electrons. The highest BCUT2D eigenvalue weighted by Crippen LogP contribution is 2.33. The number of carbonyl (C=O) groups is 7. The van der Waals surface area contributed by atoms with Gasteiger partial charge in [-0.05, 0) is 131 Å². The molecule has 9 atom stereocenters. The number of alkyl halides is 6. The fourth-order valence-electron chi connectivity index (χ4n) is 15.9. The maximum Gasteiger partial charge on any atom is 0.427 e. The van der Waals surface area contributed by atoms with Crippen molar-refractivity contribution in [2.75, 3.05) is 86.1 Å². The number of halogens is 6. The van der Waals surface area contributed by atoms with E-state index in [-0.39, 0.29) is 88.9 Å². The normalized spacial score (nSPS) is 19.4. The summed E-state index contributed by atoms with van der Waals surface area (Å²) < 4.78 is 336. The molecule has 0 radical (unpaired) electrons. The van der Waals surface area contributed by atoms with Crippen LogP contribution in [0, 0.1) is 18.3 Å². The van der Waals surface area contributed by atoms with Gasteiger partial charge in [-0.3, -0.25) is 9.59 Å². The van der Waals surface area contributed by atoms with Crippen molar-refractivity contribution in [2.24, 2.45) is 5.92 Å². The molecule has 0 aliphatic heterocycles. The molecule has 7 aliphatic rings. The van der Waals surface area contributed by atoms with Crippen molar-refractivity contribution in [3.63, 3.8) is 0 Å². The Hall–Kier alpha value is -6.08. The third kappa shape index (κ3) is 71.7. The van der Waals surface area contributed by atoms with E-state index in [2.05, 4.69) is 53.3 Å². The van der Waals surface area contributed by atoms with Crippen LogP contribution >= 0.6 is 0 Å². The second-order valence-electron chi connectivity index (χ2n) is 37.8. The predicted molar refractivity (Wildman–Crippen MR) is 512 cm³/mol. The van der Waals surface area contributed by atoms with Gasteiger partial charge in [0, 0.05) is 112 Å². The quantitative estimate of drug-likeness (QED) is 0.00733. The minimum Gasteiger partial charge on any atom is -0.748 e. The van der Waals surface area contributed by atoms with Gasteiger partial charge < -0.3 is 112 Å². The fourth-order valence-corrected chi connectivity index (χ4v) is 20.4. The van der Waals surface area contributed by atoms with Crippen LogP contribution in [-0.4, -0.2) is 337 Å². The molecule has 0 bridgehead atoms. The van der Waals surface area contributed by atoms with Crippen molar-refractivity contribution in [3.8, 4) is 12.3 Å².